The third kappa shape index (κ3) is 4.98. The molecule has 3 aromatic carbocycles. The molecule has 0 aliphatic carbocycles. The Bertz CT molecular complexity index is 919. The molecular formula is C22H18ClNO2. The van der Waals surface area contributed by atoms with E-state index < -0.39 is 0 Å². The number of carbonyl (C=O) groups is 1. The van der Waals surface area contributed by atoms with Crippen LogP contribution in [0.4, 0.5) is 5.69 Å². The van der Waals surface area contributed by atoms with Crippen molar-refractivity contribution in [1.82, 2.24) is 0 Å². The molecule has 1 N–H and O–H groups in total. The SMILES string of the molecule is Cc1ccc(/C=C/C(=O)Nc2cc(Cl)ccc2Oc2ccccc2)cc1. The number of carbonyl (C=O) groups excluding carboxylic acids is 1. The lowest BCUT2D eigenvalue weighted by Crippen LogP contribution is -2.08. The molecule has 0 aliphatic rings. The van der Waals surface area contributed by atoms with Crippen LogP contribution in [0, 0.1) is 6.92 Å². The zero-order chi connectivity index (χ0) is 18.4. The Morgan fingerprint density at radius 2 is 1.73 bits per heavy atom. The fourth-order valence-electron chi connectivity index (χ4n) is 2.33. The maximum Gasteiger partial charge on any atom is 0.248 e. The molecule has 0 fully saturated rings. The van der Waals surface area contributed by atoms with E-state index in [1.54, 1.807) is 24.3 Å². The van der Waals surface area contributed by atoms with Crippen LogP contribution in [0.15, 0.2) is 78.9 Å². The average molecular weight is 364 g/mol. The van der Waals surface area contributed by atoms with Crippen molar-refractivity contribution in [3.05, 3.63) is 95.0 Å². The molecule has 0 heterocycles. The molecule has 0 radical (unpaired) electrons. The number of hydrogen-bond donors (Lipinski definition) is 1. The van der Waals surface area contributed by atoms with Gasteiger partial charge in [-0.05, 0) is 48.9 Å². The van der Waals surface area contributed by atoms with Crippen molar-refractivity contribution in [1.29, 1.82) is 0 Å². The van der Waals surface area contributed by atoms with Gasteiger partial charge in [0.05, 0.1) is 5.69 Å². The van der Waals surface area contributed by atoms with E-state index in [1.165, 1.54) is 11.6 Å². The largest absolute Gasteiger partial charge is 0.455 e. The molecule has 130 valence electrons. The van der Waals surface area contributed by atoms with Crippen LogP contribution in [0.2, 0.25) is 5.02 Å². The minimum absolute atomic E-state index is 0.259. The number of ether oxygens (including phenoxy) is 1. The molecular weight excluding hydrogens is 346 g/mol. The summed E-state index contributed by atoms with van der Waals surface area (Å²) in [5.74, 6) is 0.948. The maximum absolute atomic E-state index is 12.3. The number of hydrogen-bond acceptors (Lipinski definition) is 2. The van der Waals surface area contributed by atoms with Crippen LogP contribution in [-0.2, 0) is 4.79 Å². The Hall–Kier alpha value is -3.04. The highest BCUT2D eigenvalue weighted by molar-refractivity contribution is 6.31. The zero-order valence-corrected chi connectivity index (χ0v) is 15.0. The Morgan fingerprint density at radius 3 is 2.46 bits per heavy atom. The van der Waals surface area contributed by atoms with E-state index in [0.717, 1.165) is 5.56 Å². The fourth-order valence-corrected chi connectivity index (χ4v) is 2.50. The molecule has 26 heavy (non-hydrogen) atoms. The van der Waals surface area contributed by atoms with E-state index >= 15 is 0 Å². The van der Waals surface area contributed by atoms with Gasteiger partial charge in [0.25, 0.3) is 0 Å². The predicted octanol–water partition coefficient (Wildman–Crippen LogP) is 6.09. The highest BCUT2D eigenvalue weighted by Gasteiger charge is 2.08. The van der Waals surface area contributed by atoms with Gasteiger partial charge in [0.2, 0.25) is 5.91 Å². The van der Waals surface area contributed by atoms with Crippen molar-refractivity contribution in [3.63, 3.8) is 0 Å². The smallest absolute Gasteiger partial charge is 0.248 e. The highest BCUT2D eigenvalue weighted by Crippen LogP contribution is 2.32. The second kappa shape index (κ2) is 8.37. The van der Waals surface area contributed by atoms with Crippen molar-refractivity contribution in [3.8, 4) is 11.5 Å². The number of rotatable bonds is 5. The van der Waals surface area contributed by atoms with Crippen LogP contribution in [0.5, 0.6) is 11.5 Å². The summed E-state index contributed by atoms with van der Waals surface area (Å²) in [6.45, 7) is 2.02. The molecule has 3 aromatic rings. The first-order valence-electron chi connectivity index (χ1n) is 8.18. The molecule has 0 aromatic heterocycles. The van der Waals surface area contributed by atoms with Gasteiger partial charge in [-0.25, -0.2) is 0 Å². The molecule has 0 spiro atoms. The lowest BCUT2D eigenvalue weighted by molar-refractivity contribution is -0.111. The second-order valence-electron chi connectivity index (χ2n) is 5.79. The van der Waals surface area contributed by atoms with Crippen LogP contribution >= 0.6 is 11.6 Å². The molecule has 3 nitrogen and oxygen atoms in total. The van der Waals surface area contributed by atoms with E-state index in [9.17, 15) is 4.79 Å². The number of aryl methyl sites for hydroxylation is 1. The third-order valence-corrected chi connectivity index (χ3v) is 3.91. The molecule has 0 saturated carbocycles. The Balaban J connectivity index is 1.74. The van der Waals surface area contributed by atoms with Crippen LogP contribution in [-0.4, -0.2) is 5.91 Å². The molecule has 0 unspecified atom stereocenters. The van der Waals surface area contributed by atoms with Gasteiger partial charge in [-0.2, -0.15) is 0 Å². The van der Waals surface area contributed by atoms with E-state index in [2.05, 4.69) is 5.32 Å². The predicted molar refractivity (Wildman–Crippen MR) is 107 cm³/mol. The van der Waals surface area contributed by atoms with Crippen molar-refractivity contribution in [2.45, 2.75) is 6.92 Å². The Morgan fingerprint density at radius 1 is 1.00 bits per heavy atom. The summed E-state index contributed by atoms with van der Waals surface area (Å²) in [6, 6.07) is 22.4. The van der Waals surface area contributed by atoms with E-state index in [1.807, 2.05) is 61.5 Å². The van der Waals surface area contributed by atoms with Gasteiger partial charge in [-0.3, -0.25) is 4.79 Å². The first kappa shape index (κ1) is 17.8. The summed E-state index contributed by atoms with van der Waals surface area (Å²) in [5.41, 5.74) is 2.64. The second-order valence-corrected chi connectivity index (χ2v) is 6.23. The van der Waals surface area contributed by atoms with Crippen LogP contribution in [0.3, 0.4) is 0 Å². The molecule has 0 atom stereocenters. The number of anilines is 1. The molecule has 1 amide bonds. The van der Waals surface area contributed by atoms with Gasteiger partial charge in [-0.15, -0.1) is 0 Å². The minimum Gasteiger partial charge on any atom is -0.455 e. The number of amides is 1. The summed E-state index contributed by atoms with van der Waals surface area (Å²) >= 11 is 6.07. The van der Waals surface area contributed by atoms with Crippen LogP contribution in [0.1, 0.15) is 11.1 Å². The minimum atomic E-state index is -0.259. The number of para-hydroxylation sites is 1. The number of benzene rings is 3. The molecule has 0 bridgehead atoms. The lowest BCUT2D eigenvalue weighted by atomic mass is 10.1. The van der Waals surface area contributed by atoms with Crippen molar-refractivity contribution in [2.24, 2.45) is 0 Å². The van der Waals surface area contributed by atoms with Crippen molar-refractivity contribution < 1.29 is 9.53 Å². The monoisotopic (exact) mass is 363 g/mol. The quantitative estimate of drug-likeness (QED) is 0.557. The van der Waals surface area contributed by atoms with E-state index in [0.29, 0.717) is 22.2 Å². The molecule has 0 saturated heterocycles. The first-order chi connectivity index (χ1) is 12.6. The van der Waals surface area contributed by atoms with Crippen molar-refractivity contribution >= 4 is 29.3 Å². The Labute approximate surface area is 157 Å². The van der Waals surface area contributed by atoms with Crippen molar-refractivity contribution in [2.75, 3.05) is 5.32 Å². The summed E-state index contributed by atoms with van der Waals surface area (Å²) in [6.07, 6.45) is 3.24. The zero-order valence-electron chi connectivity index (χ0n) is 14.3. The topological polar surface area (TPSA) is 38.3 Å². The summed E-state index contributed by atoms with van der Waals surface area (Å²) in [7, 11) is 0. The molecule has 4 heteroatoms. The Kier molecular flexibility index (Phi) is 5.72. The normalized spacial score (nSPS) is 10.7. The number of nitrogens with one attached hydrogen (secondary N) is 1. The van der Waals surface area contributed by atoms with Gasteiger partial charge in [-0.1, -0.05) is 59.6 Å². The van der Waals surface area contributed by atoms with Gasteiger partial charge < -0.3 is 10.1 Å². The van der Waals surface area contributed by atoms with Gasteiger partial charge in [0, 0.05) is 11.1 Å². The lowest BCUT2D eigenvalue weighted by Gasteiger charge is -2.12. The number of halogens is 1. The molecule has 3 rings (SSSR count). The first-order valence-corrected chi connectivity index (χ1v) is 8.56. The van der Waals surface area contributed by atoms with Gasteiger partial charge in [0.15, 0.2) is 5.75 Å². The van der Waals surface area contributed by atoms with E-state index in [4.69, 9.17) is 16.3 Å². The standard InChI is InChI=1S/C22H18ClNO2/c1-16-7-9-17(10-8-16)11-14-22(25)24-20-15-18(23)12-13-21(20)26-19-5-3-2-4-6-19/h2-15H,1H3,(H,24,25)/b14-11+. The van der Waals surface area contributed by atoms with Crippen LogP contribution < -0.4 is 10.1 Å². The fraction of sp³-hybridized carbons (Fsp3) is 0.0455. The highest BCUT2D eigenvalue weighted by atomic mass is 35.5. The third-order valence-electron chi connectivity index (χ3n) is 3.68. The van der Waals surface area contributed by atoms with E-state index in [-0.39, 0.29) is 5.91 Å². The van der Waals surface area contributed by atoms with Gasteiger partial charge in [0.1, 0.15) is 5.75 Å². The molecule has 0 aliphatic heterocycles. The summed E-state index contributed by atoms with van der Waals surface area (Å²) < 4.78 is 5.84. The maximum atomic E-state index is 12.3. The average Bonchev–Trinajstić information content (AvgIpc) is 2.64. The van der Waals surface area contributed by atoms with Crippen LogP contribution in [0.25, 0.3) is 6.08 Å². The summed E-state index contributed by atoms with van der Waals surface area (Å²) in [5, 5.41) is 3.33. The van der Waals surface area contributed by atoms with Gasteiger partial charge >= 0.3 is 0 Å². The summed E-state index contributed by atoms with van der Waals surface area (Å²) in [4.78, 5) is 12.3.